The number of fused-ring (bicyclic) bond motifs is 1. The maximum Gasteiger partial charge on any atom is 0.320 e. The van der Waals surface area contributed by atoms with E-state index in [4.69, 9.17) is 0 Å². The molecule has 0 radical (unpaired) electrons. The largest absolute Gasteiger partial charge is 0.335 e. The zero-order chi connectivity index (χ0) is 20.2. The lowest BCUT2D eigenvalue weighted by atomic mass is 9.78. The van der Waals surface area contributed by atoms with Crippen molar-refractivity contribution in [3.8, 4) is 0 Å². The van der Waals surface area contributed by atoms with Gasteiger partial charge in [-0.3, -0.25) is 4.79 Å². The molecule has 0 spiro atoms. The highest BCUT2D eigenvalue weighted by atomic mass is 16.2. The molecule has 1 saturated carbocycles. The molecule has 158 valence electrons. The van der Waals surface area contributed by atoms with Crippen LogP contribution < -0.4 is 0 Å². The van der Waals surface area contributed by atoms with Crippen LogP contribution in [0.25, 0.3) is 0 Å². The number of rotatable bonds is 3. The molecule has 1 aliphatic carbocycles. The lowest BCUT2D eigenvalue weighted by Gasteiger charge is -2.44. The van der Waals surface area contributed by atoms with E-state index in [1.54, 1.807) is 4.90 Å². The summed E-state index contributed by atoms with van der Waals surface area (Å²) in [7, 11) is 1.87. The molecule has 1 aromatic carbocycles. The number of hydrogen-bond donors (Lipinski definition) is 0. The first-order chi connectivity index (χ1) is 14.1. The molecule has 2 saturated heterocycles. The summed E-state index contributed by atoms with van der Waals surface area (Å²) in [6, 6.07) is 8.47. The molecule has 0 N–H and O–H groups in total. The summed E-state index contributed by atoms with van der Waals surface area (Å²) >= 11 is 0. The fourth-order valence-corrected chi connectivity index (χ4v) is 5.46. The Morgan fingerprint density at radius 1 is 0.897 bits per heavy atom. The minimum absolute atomic E-state index is 0.113. The van der Waals surface area contributed by atoms with E-state index in [-0.39, 0.29) is 11.9 Å². The van der Waals surface area contributed by atoms with E-state index in [1.807, 2.05) is 36.2 Å². The van der Waals surface area contributed by atoms with E-state index in [0.717, 1.165) is 56.4 Å². The summed E-state index contributed by atoms with van der Waals surface area (Å²) < 4.78 is 0. The van der Waals surface area contributed by atoms with Crippen molar-refractivity contribution in [2.24, 2.45) is 5.92 Å². The Balaban J connectivity index is 1.37. The molecular formula is C24H35N3O2. The predicted octanol–water partition coefficient (Wildman–Crippen LogP) is 4.52. The molecule has 2 atom stereocenters. The van der Waals surface area contributed by atoms with Crippen LogP contribution in [0.5, 0.6) is 0 Å². The van der Waals surface area contributed by atoms with E-state index < -0.39 is 0 Å². The summed E-state index contributed by atoms with van der Waals surface area (Å²) in [5.41, 5.74) is 1.86. The molecule has 5 heteroatoms. The first-order valence-corrected chi connectivity index (χ1v) is 11.5. The molecule has 3 aliphatic rings. The van der Waals surface area contributed by atoms with Crippen LogP contribution in [0.2, 0.25) is 0 Å². The highest BCUT2D eigenvalue weighted by molar-refractivity contribution is 5.94. The van der Waals surface area contributed by atoms with Gasteiger partial charge in [0.05, 0.1) is 0 Å². The van der Waals surface area contributed by atoms with Gasteiger partial charge in [-0.1, -0.05) is 25.0 Å². The van der Waals surface area contributed by atoms with Crippen molar-refractivity contribution >= 4 is 11.9 Å². The Kier molecular flexibility index (Phi) is 6.41. The van der Waals surface area contributed by atoms with Gasteiger partial charge < -0.3 is 14.7 Å². The van der Waals surface area contributed by atoms with Crippen molar-refractivity contribution < 1.29 is 9.59 Å². The molecule has 3 fully saturated rings. The number of carbonyl (C=O) groups is 2. The van der Waals surface area contributed by atoms with Gasteiger partial charge in [0.1, 0.15) is 0 Å². The van der Waals surface area contributed by atoms with Crippen LogP contribution in [0, 0.1) is 5.92 Å². The molecule has 3 amide bonds. The summed E-state index contributed by atoms with van der Waals surface area (Å²) in [6.45, 7) is 3.22. The van der Waals surface area contributed by atoms with E-state index in [2.05, 4.69) is 4.90 Å². The summed E-state index contributed by atoms with van der Waals surface area (Å²) in [4.78, 5) is 31.7. The molecule has 4 rings (SSSR count). The molecule has 0 aromatic heterocycles. The number of piperidine rings is 2. The molecule has 2 aliphatic heterocycles. The summed E-state index contributed by atoms with van der Waals surface area (Å²) in [5.74, 6) is 0.890. The van der Waals surface area contributed by atoms with E-state index in [0.29, 0.717) is 18.5 Å². The van der Waals surface area contributed by atoms with Gasteiger partial charge in [0.2, 0.25) is 0 Å². The van der Waals surface area contributed by atoms with Crippen LogP contribution in [0.15, 0.2) is 24.3 Å². The third-order valence-electron chi connectivity index (χ3n) is 7.08. The van der Waals surface area contributed by atoms with Crippen LogP contribution in [-0.2, 0) is 6.54 Å². The summed E-state index contributed by atoms with van der Waals surface area (Å²) in [5, 5.41) is 0. The maximum atomic E-state index is 13.2. The minimum atomic E-state index is 0.113. The van der Waals surface area contributed by atoms with Crippen molar-refractivity contribution in [1.82, 2.24) is 14.7 Å². The maximum absolute atomic E-state index is 13.2. The number of amides is 3. The Bertz CT molecular complexity index is 709. The summed E-state index contributed by atoms with van der Waals surface area (Å²) in [6.07, 6.45) is 10.9. The van der Waals surface area contributed by atoms with Gasteiger partial charge in [-0.15, -0.1) is 0 Å². The second-order valence-electron chi connectivity index (χ2n) is 9.14. The standard InChI is InChI=1S/C24H35N3O2/c1-25(24(29)26-15-5-2-6-16-26)18-19-11-13-21(14-12-19)23(28)27-17-7-9-20-8-3-4-10-22(20)27/h11-14,20,22H,2-10,15-18H2,1H3. The van der Waals surface area contributed by atoms with Crippen LogP contribution in [0.3, 0.4) is 0 Å². The SMILES string of the molecule is CN(Cc1ccc(C(=O)N2CCCC3CCCCC32)cc1)C(=O)N1CCCCC1. The molecule has 0 bridgehead atoms. The topological polar surface area (TPSA) is 43.9 Å². The quantitative estimate of drug-likeness (QED) is 0.753. The number of nitrogens with zero attached hydrogens (tertiary/aromatic N) is 3. The average molecular weight is 398 g/mol. The Morgan fingerprint density at radius 3 is 2.34 bits per heavy atom. The zero-order valence-electron chi connectivity index (χ0n) is 17.8. The van der Waals surface area contributed by atoms with Gasteiger partial charge >= 0.3 is 6.03 Å². The first kappa shape index (κ1) is 20.2. The van der Waals surface area contributed by atoms with Gasteiger partial charge in [-0.05, 0) is 68.6 Å². The van der Waals surface area contributed by atoms with E-state index in [9.17, 15) is 9.59 Å². The molecule has 1 aromatic rings. The van der Waals surface area contributed by atoms with E-state index in [1.165, 1.54) is 32.1 Å². The first-order valence-electron chi connectivity index (χ1n) is 11.5. The van der Waals surface area contributed by atoms with Crippen LogP contribution in [0.1, 0.15) is 73.7 Å². The van der Waals surface area contributed by atoms with Gasteiger partial charge in [-0.25, -0.2) is 4.79 Å². The second-order valence-corrected chi connectivity index (χ2v) is 9.14. The average Bonchev–Trinajstić information content (AvgIpc) is 2.78. The Morgan fingerprint density at radius 2 is 1.59 bits per heavy atom. The molecular weight excluding hydrogens is 362 g/mol. The highest BCUT2D eigenvalue weighted by Crippen LogP contribution is 2.36. The smallest absolute Gasteiger partial charge is 0.320 e. The normalized spacial score (nSPS) is 24.7. The van der Waals surface area contributed by atoms with Crippen molar-refractivity contribution in [2.75, 3.05) is 26.7 Å². The lowest BCUT2D eigenvalue weighted by Crippen LogP contribution is -2.49. The third kappa shape index (κ3) is 4.59. The number of likely N-dealkylation sites (tertiary alicyclic amines) is 2. The Labute approximate surface area is 175 Å². The third-order valence-corrected chi connectivity index (χ3v) is 7.08. The molecule has 2 unspecified atom stereocenters. The van der Waals surface area contributed by atoms with Crippen molar-refractivity contribution in [3.05, 3.63) is 35.4 Å². The van der Waals surface area contributed by atoms with Crippen molar-refractivity contribution in [3.63, 3.8) is 0 Å². The second kappa shape index (κ2) is 9.19. The van der Waals surface area contributed by atoms with E-state index >= 15 is 0 Å². The molecule has 5 nitrogen and oxygen atoms in total. The van der Waals surface area contributed by atoms with Crippen molar-refractivity contribution in [1.29, 1.82) is 0 Å². The minimum Gasteiger partial charge on any atom is -0.335 e. The number of urea groups is 1. The Hall–Kier alpha value is -2.04. The number of benzene rings is 1. The number of carbonyl (C=O) groups excluding carboxylic acids is 2. The lowest BCUT2D eigenvalue weighted by molar-refractivity contribution is 0.0390. The zero-order valence-corrected chi connectivity index (χ0v) is 17.8. The van der Waals surface area contributed by atoms with Gasteiger partial charge in [-0.2, -0.15) is 0 Å². The highest BCUT2D eigenvalue weighted by Gasteiger charge is 2.35. The molecule has 29 heavy (non-hydrogen) atoms. The monoisotopic (exact) mass is 397 g/mol. The number of hydrogen-bond acceptors (Lipinski definition) is 2. The fourth-order valence-electron chi connectivity index (χ4n) is 5.46. The van der Waals surface area contributed by atoms with Crippen LogP contribution in [-0.4, -0.2) is 59.4 Å². The predicted molar refractivity (Wildman–Crippen MR) is 115 cm³/mol. The van der Waals surface area contributed by atoms with Gasteiger partial charge in [0, 0.05) is 44.8 Å². The van der Waals surface area contributed by atoms with Gasteiger partial charge in [0.15, 0.2) is 0 Å². The molecule has 2 heterocycles. The fraction of sp³-hybridized carbons (Fsp3) is 0.667. The van der Waals surface area contributed by atoms with Crippen molar-refractivity contribution in [2.45, 2.75) is 70.4 Å². The van der Waals surface area contributed by atoms with Crippen LogP contribution >= 0.6 is 0 Å². The van der Waals surface area contributed by atoms with Crippen LogP contribution in [0.4, 0.5) is 4.79 Å². The van der Waals surface area contributed by atoms with Gasteiger partial charge in [0.25, 0.3) is 5.91 Å².